The van der Waals surface area contributed by atoms with Crippen molar-refractivity contribution < 1.29 is 14.3 Å². The molecule has 0 heterocycles. The second-order valence-corrected chi connectivity index (χ2v) is 7.84. The van der Waals surface area contributed by atoms with E-state index in [-0.39, 0.29) is 6.09 Å². The van der Waals surface area contributed by atoms with E-state index in [1.54, 1.807) is 12.1 Å². The molecule has 1 aromatic rings. The Morgan fingerprint density at radius 3 is 2.55 bits per heavy atom. The van der Waals surface area contributed by atoms with Crippen LogP contribution in [0.5, 0.6) is 5.75 Å². The van der Waals surface area contributed by atoms with E-state index >= 15 is 0 Å². The molecule has 1 aliphatic rings. The van der Waals surface area contributed by atoms with E-state index in [0.717, 1.165) is 58.2 Å². The van der Waals surface area contributed by atoms with Gasteiger partial charge >= 0.3 is 6.09 Å². The highest BCUT2D eigenvalue weighted by atomic mass is 16.6. The fraction of sp³-hybridized carbons (Fsp3) is 0.625. The molecule has 0 unspecified atom stereocenters. The second kappa shape index (κ2) is 15.1. The molecule has 5 nitrogen and oxygen atoms in total. The van der Waals surface area contributed by atoms with Gasteiger partial charge in [0.1, 0.15) is 5.75 Å². The van der Waals surface area contributed by atoms with Gasteiger partial charge in [-0.25, -0.2) is 4.79 Å². The van der Waals surface area contributed by atoms with Crippen molar-refractivity contribution in [2.24, 2.45) is 5.92 Å². The number of carbonyl (C=O) groups is 1. The first kappa shape index (κ1) is 23.4. The molecule has 2 N–H and O–H groups in total. The SMILES string of the molecule is C=CCCNCCCCCCOC1CCC(CNC(=O)Oc2ccccc2)CC1. The summed E-state index contributed by atoms with van der Waals surface area (Å²) in [7, 11) is 0. The topological polar surface area (TPSA) is 59.6 Å². The fourth-order valence-corrected chi connectivity index (χ4v) is 3.65. The molecule has 0 atom stereocenters. The first-order chi connectivity index (χ1) is 14.3. The summed E-state index contributed by atoms with van der Waals surface area (Å²) in [6.45, 7) is 7.42. The van der Waals surface area contributed by atoms with Crippen LogP contribution in [0, 0.1) is 5.92 Å². The van der Waals surface area contributed by atoms with Crippen LogP contribution in [-0.4, -0.2) is 38.4 Å². The summed E-state index contributed by atoms with van der Waals surface area (Å²) in [5, 5.41) is 6.32. The standard InChI is InChI=1S/C24H38N2O3/c1-2-3-17-25-18-9-4-5-10-19-28-22-15-13-21(14-16-22)20-26-24(27)29-23-11-7-6-8-12-23/h2,6-8,11-12,21-22,25H,1,3-5,9-10,13-20H2,(H,26,27). The van der Waals surface area contributed by atoms with Gasteiger partial charge in [-0.05, 0) is 76.1 Å². The highest BCUT2D eigenvalue weighted by Gasteiger charge is 2.22. The number of hydrogen-bond donors (Lipinski definition) is 2. The van der Waals surface area contributed by atoms with Gasteiger partial charge < -0.3 is 20.1 Å². The lowest BCUT2D eigenvalue weighted by atomic mass is 9.87. The molecule has 1 aliphatic carbocycles. The third-order valence-electron chi connectivity index (χ3n) is 5.41. The van der Waals surface area contributed by atoms with E-state index in [1.165, 1.54) is 19.3 Å². The molecule has 1 amide bonds. The predicted molar refractivity (Wildman–Crippen MR) is 118 cm³/mol. The summed E-state index contributed by atoms with van der Waals surface area (Å²) >= 11 is 0. The molecule has 162 valence electrons. The largest absolute Gasteiger partial charge is 0.412 e. The number of amides is 1. The molecular weight excluding hydrogens is 364 g/mol. The smallest absolute Gasteiger partial charge is 0.410 e. The van der Waals surface area contributed by atoms with Crippen molar-refractivity contribution in [1.29, 1.82) is 0 Å². The van der Waals surface area contributed by atoms with Crippen LogP contribution in [0.1, 0.15) is 57.8 Å². The van der Waals surface area contributed by atoms with Crippen molar-refractivity contribution in [2.45, 2.75) is 63.9 Å². The summed E-state index contributed by atoms with van der Waals surface area (Å²) in [4.78, 5) is 11.9. The summed E-state index contributed by atoms with van der Waals surface area (Å²) < 4.78 is 11.3. The van der Waals surface area contributed by atoms with Gasteiger partial charge in [0.15, 0.2) is 0 Å². The molecule has 5 heteroatoms. The predicted octanol–water partition coefficient (Wildman–Crippen LogP) is 5.08. The number of hydrogen-bond acceptors (Lipinski definition) is 4. The Bertz CT molecular complexity index is 557. The van der Waals surface area contributed by atoms with Crippen molar-refractivity contribution in [3.05, 3.63) is 43.0 Å². The number of nitrogens with one attached hydrogen (secondary N) is 2. The normalized spacial score (nSPS) is 18.9. The maximum Gasteiger partial charge on any atom is 0.412 e. The van der Waals surface area contributed by atoms with Crippen LogP contribution >= 0.6 is 0 Å². The minimum absolute atomic E-state index is 0.370. The van der Waals surface area contributed by atoms with Crippen LogP contribution in [0.2, 0.25) is 0 Å². The van der Waals surface area contributed by atoms with E-state index in [9.17, 15) is 4.79 Å². The van der Waals surface area contributed by atoms with Gasteiger partial charge in [0.25, 0.3) is 0 Å². The third-order valence-corrected chi connectivity index (χ3v) is 5.41. The van der Waals surface area contributed by atoms with Crippen LogP contribution in [0.4, 0.5) is 4.79 Å². The lowest BCUT2D eigenvalue weighted by molar-refractivity contribution is 0.0163. The number of carbonyl (C=O) groups excluding carboxylic acids is 1. The molecule has 2 rings (SSSR count). The monoisotopic (exact) mass is 402 g/mol. The first-order valence-corrected chi connectivity index (χ1v) is 11.2. The van der Waals surface area contributed by atoms with Gasteiger partial charge in [-0.2, -0.15) is 0 Å². The van der Waals surface area contributed by atoms with Gasteiger partial charge in [0.2, 0.25) is 0 Å². The lowest BCUT2D eigenvalue weighted by Gasteiger charge is -2.28. The number of unbranched alkanes of at least 4 members (excludes halogenated alkanes) is 3. The molecule has 0 saturated heterocycles. The summed E-state index contributed by atoms with van der Waals surface area (Å²) in [5.74, 6) is 1.10. The van der Waals surface area contributed by atoms with Crippen LogP contribution in [0.15, 0.2) is 43.0 Å². The molecule has 0 bridgehead atoms. The minimum atomic E-state index is -0.370. The second-order valence-electron chi connectivity index (χ2n) is 7.84. The van der Waals surface area contributed by atoms with Crippen molar-refractivity contribution in [1.82, 2.24) is 10.6 Å². The molecule has 29 heavy (non-hydrogen) atoms. The Kier molecular flexibility index (Phi) is 12.2. The molecular formula is C24H38N2O3. The zero-order valence-corrected chi connectivity index (χ0v) is 17.7. The van der Waals surface area contributed by atoms with E-state index in [0.29, 0.717) is 24.3 Å². The zero-order valence-electron chi connectivity index (χ0n) is 17.7. The molecule has 1 fully saturated rings. The first-order valence-electron chi connectivity index (χ1n) is 11.2. The van der Waals surface area contributed by atoms with Crippen LogP contribution in [-0.2, 0) is 4.74 Å². The molecule has 0 spiro atoms. The Hall–Kier alpha value is -1.85. The quantitative estimate of drug-likeness (QED) is 0.337. The summed E-state index contributed by atoms with van der Waals surface area (Å²) in [6.07, 6.45) is 12.3. The van der Waals surface area contributed by atoms with E-state index < -0.39 is 0 Å². The number of ether oxygens (including phenoxy) is 2. The molecule has 1 saturated carbocycles. The average Bonchev–Trinajstić information content (AvgIpc) is 2.75. The van der Waals surface area contributed by atoms with E-state index in [2.05, 4.69) is 17.2 Å². The van der Waals surface area contributed by atoms with E-state index in [4.69, 9.17) is 9.47 Å². The number of benzene rings is 1. The maximum atomic E-state index is 11.9. The molecule has 0 radical (unpaired) electrons. The zero-order chi connectivity index (χ0) is 20.6. The maximum absolute atomic E-state index is 11.9. The van der Waals surface area contributed by atoms with Gasteiger partial charge in [-0.1, -0.05) is 37.1 Å². The van der Waals surface area contributed by atoms with Crippen LogP contribution in [0.25, 0.3) is 0 Å². The third kappa shape index (κ3) is 11.1. The van der Waals surface area contributed by atoms with Crippen molar-refractivity contribution >= 4 is 6.09 Å². The van der Waals surface area contributed by atoms with Gasteiger partial charge in [-0.3, -0.25) is 0 Å². The summed E-state index contributed by atoms with van der Waals surface area (Å²) in [6, 6.07) is 9.17. The van der Waals surface area contributed by atoms with Gasteiger partial charge in [-0.15, -0.1) is 6.58 Å². The van der Waals surface area contributed by atoms with Crippen LogP contribution in [0.3, 0.4) is 0 Å². The van der Waals surface area contributed by atoms with Crippen molar-refractivity contribution in [2.75, 3.05) is 26.2 Å². The molecule has 1 aromatic carbocycles. The Labute approximate surface area is 176 Å². The van der Waals surface area contributed by atoms with Gasteiger partial charge in [0, 0.05) is 13.2 Å². The fourth-order valence-electron chi connectivity index (χ4n) is 3.65. The lowest BCUT2D eigenvalue weighted by Crippen LogP contribution is -2.34. The van der Waals surface area contributed by atoms with Gasteiger partial charge in [0.05, 0.1) is 6.10 Å². The highest BCUT2D eigenvalue weighted by Crippen LogP contribution is 2.26. The Morgan fingerprint density at radius 2 is 1.79 bits per heavy atom. The van der Waals surface area contributed by atoms with Crippen molar-refractivity contribution in [3.63, 3.8) is 0 Å². The molecule has 0 aromatic heterocycles. The Balaban J connectivity index is 1.42. The average molecular weight is 403 g/mol. The highest BCUT2D eigenvalue weighted by molar-refractivity contribution is 5.70. The van der Waals surface area contributed by atoms with E-state index in [1.807, 2.05) is 24.3 Å². The number of para-hydroxylation sites is 1. The minimum Gasteiger partial charge on any atom is -0.410 e. The van der Waals surface area contributed by atoms with Crippen molar-refractivity contribution in [3.8, 4) is 5.75 Å². The molecule has 0 aliphatic heterocycles. The summed E-state index contributed by atoms with van der Waals surface area (Å²) in [5.41, 5.74) is 0. The van der Waals surface area contributed by atoms with Crippen LogP contribution < -0.4 is 15.4 Å². The number of rotatable bonds is 14. The Morgan fingerprint density at radius 1 is 1.03 bits per heavy atom.